The zero-order chi connectivity index (χ0) is 31.0. The number of aliphatic hydroxyl groups excluding tert-OH is 6. The summed E-state index contributed by atoms with van der Waals surface area (Å²) in [5, 5.41) is 80.7. The highest BCUT2D eigenvalue weighted by atomic mass is 16.7. The first-order valence-electron chi connectivity index (χ1n) is 13.2. The zero-order valence-electron chi connectivity index (χ0n) is 22.8. The first-order valence-corrected chi connectivity index (χ1v) is 13.2. The molecule has 0 unspecified atom stereocenters. The molecule has 236 valence electrons. The lowest BCUT2D eigenvalue weighted by Gasteiger charge is -2.46. The van der Waals surface area contributed by atoms with Crippen LogP contribution in [-0.4, -0.2) is 140 Å². The van der Waals surface area contributed by atoms with Gasteiger partial charge in [0.25, 0.3) is 0 Å². The van der Waals surface area contributed by atoms with Crippen LogP contribution in [-0.2, 0) is 33.3 Å². The Balaban J connectivity index is 1.72. The van der Waals surface area contributed by atoms with Gasteiger partial charge in [0, 0.05) is 0 Å². The van der Waals surface area contributed by atoms with Gasteiger partial charge < -0.3 is 64.5 Å². The summed E-state index contributed by atoms with van der Waals surface area (Å²) in [6.45, 7) is -0.321. The number of esters is 1. The van der Waals surface area contributed by atoms with Crippen molar-refractivity contribution in [3.05, 3.63) is 42.0 Å². The van der Waals surface area contributed by atoms with Gasteiger partial charge in [0.05, 0.1) is 31.7 Å². The molecule has 0 bridgehead atoms. The van der Waals surface area contributed by atoms with Crippen molar-refractivity contribution >= 4 is 18.0 Å². The lowest BCUT2D eigenvalue weighted by Crippen LogP contribution is -2.64. The molecule has 11 atom stereocenters. The molecule has 2 saturated heterocycles. The third-order valence-corrected chi connectivity index (χ3v) is 6.71. The first-order chi connectivity index (χ1) is 19.8. The second-order valence-electron chi connectivity index (χ2n) is 10.4. The van der Waals surface area contributed by atoms with Gasteiger partial charge in [0.2, 0.25) is 0 Å². The Kier molecular flexibility index (Phi) is 12.3. The van der Waals surface area contributed by atoms with Gasteiger partial charge in [0.15, 0.2) is 12.6 Å². The number of rotatable bonds is 13. The predicted molar refractivity (Wildman–Crippen MR) is 139 cm³/mol. The summed E-state index contributed by atoms with van der Waals surface area (Å²) in [6, 6.07) is 9.24. The molecule has 42 heavy (non-hydrogen) atoms. The van der Waals surface area contributed by atoms with Crippen molar-refractivity contribution in [2.24, 2.45) is 0 Å². The van der Waals surface area contributed by atoms with Crippen molar-refractivity contribution in [3.63, 3.8) is 0 Å². The van der Waals surface area contributed by atoms with Gasteiger partial charge >= 0.3 is 11.9 Å². The maximum atomic E-state index is 12.4. The zero-order valence-corrected chi connectivity index (χ0v) is 22.8. The van der Waals surface area contributed by atoms with Crippen molar-refractivity contribution in [1.29, 1.82) is 0 Å². The molecular weight excluding hydrogens is 564 g/mol. The summed E-state index contributed by atoms with van der Waals surface area (Å²) in [4.78, 5) is 23.3. The third-order valence-electron chi connectivity index (χ3n) is 6.71. The number of carboxylic acids is 1. The first kappa shape index (κ1) is 34.0. The molecule has 1 aromatic rings. The van der Waals surface area contributed by atoms with Crippen molar-refractivity contribution in [3.8, 4) is 0 Å². The molecule has 1 aromatic carbocycles. The Morgan fingerprint density at radius 3 is 2.19 bits per heavy atom. The smallest absolute Gasteiger partial charge is 0.308 e. The Hall–Kier alpha value is -2.54. The fourth-order valence-corrected chi connectivity index (χ4v) is 4.50. The number of hydrogen-bond acceptors (Lipinski definition) is 14. The maximum absolute atomic E-state index is 12.4. The fourth-order valence-electron chi connectivity index (χ4n) is 4.50. The average molecular weight is 603 g/mol. The van der Waals surface area contributed by atoms with Crippen LogP contribution in [0.3, 0.4) is 0 Å². The molecule has 0 saturated carbocycles. The lowest BCUT2D eigenvalue weighted by molar-refractivity contribution is -0.358. The lowest BCUT2D eigenvalue weighted by atomic mass is 9.97. The van der Waals surface area contributed by atoms with E-state index >= 15 is 0 Å². The van der Waals surface area contributed by atoms with Crippen LogP contribution in [0.25, 0.3) is 6.08 Å². The van der Waals surface area contributed by atoms with E-state index in [1.807, 2.05) is 30.3 Å². The third kappa shape index (κ3) is 9.23. The molecule has 15 heteroatoms. The molecule has 0 aliphatic carbocycles. The van der Waals surface area contributed by atoms with Gasteiger partial charge in [0.1, 0.15) is 55.4 Å². The normalized spacial score (nSPS) is 35.0. The van der Waals surface area contributed by atoms with Gasteiger partial charge in [-0.1, -0.05) is 42.5 Å². The topological polar surface area (TPSA) is 242 Å². The quantitative estimate of drug-likeness (QED) is 0.109. The average Bonchev–Trinajstić information content (AvgIpc) is 2.93. The second-order valence-corrected chi connectivity index (χ2v) is 10.4. The van der Waals surface area contributed by atoms with Crippen LogP contribution in [0.15, 0.2) is 36.4 Å². The van der Waals surface area contributed by atoms with Crippen LogP contribution >= 0.6 is 0 Å². The van der Waals surface area contributed by atoms with Gasteiger partial charge in [-0.2, -0.15) is 0 Å². The number of aliphatic hydroxyl groups is 7. The highest BCUT2D eigenvalue weighted by Gasteiger charge is 2.51. The molecule has 2 aliphatic heterocycles. The molecule has 8 N–H and O–H groups in total. The van der Waals surface area contributed by atoms with Gasteiger partial charge in [-0.3, -0.25) is 9.59 Å². The standard InChI is InChI=1S/C27H38O15/c1-27(37,10-17(29)30)11-18(31)39-13-16-24(42-26-22(35)20(33)19(32)15(12-28)40-26)21(34)23(36)25(41-16)38-9-5-8-14-6-3-2-4-7-14/h2-8,15-16,19-26,28,32-37H,9-13H2,1H3,(H,29,30)/t15-,16-,19+,20+,21+,22+,23-,24-,25+,26-,27+/m0/s1. The number of carbonyl (C=O) groups excluding carboxylic acids is 1. The van der Waals surface area contributed by atoms with E-state index in [9.17, 15) is 45.3 Å². The summed E-state index contributed by atoms with van der Waals surface area (Å²) in [5.74, 6) is -2.35. The molecule has 0 radical (unpaired) electrons. The maximum Gasteiger partial charge on any atom is 0.308 e. The van der Waals surface area contributed by atoms with E-state index in [0.717, 1.165) is 12.5 Å². The molecule has 3 rings (SSSR count). The number of ether oxygens (including phenoxy) is 5. The van der Waals surface area contributed by atoms with E-state index in [1.54, 1.807) is 12.2 Å². The number of carbonyl (C=O) groups is 2. The SMILES string of the molecule is C[C@@](O)(CC(=O)O)CC(=O)OC[C@@H]1O[C@@H](OCC=Cc2ccccc2)[C@@H](O)[C@@H](O)[C@H]1O[C@@H]1O[C@@H](CO)[C@@H](O)[C@@H](O)[C@H]1O. The van der Waals surface area contributed by atoms with Crippen LogP contribution < -0.4 is 0 Å². The largest absolute Gasteiger partial charge is 0.481 e. The molecule has 0 aromatic heterocycles. The van der Waals surface area contributed by atoms with Crippen LogP contribution in [0, 0.1) is 0 Å². The van der Waals surface area contributed by atoms with Crippen molar-refractivity contribution < 1.29 is 74.1 Å². The molecule has 0 spiro atoms. The van der Waals surface area contributed by atoms with E-state index < -0.39 is 105 Å². The summed E-state index contributed by atoms with van der Waals surface area (Å²) < 4.78 is 27.4. The van der Waals surface area contributed by atoms with Crippen LogP contribution in [0.5, 0.6) is 0 Å². The van der Waals surface area contributed by atoms with Crippen LogP contribution in [0.4, 0.5) is 0 Å². The highest BCUT2D eigenvalue weighted by molar-refractivity contribution is 5.73. The molecule has 2 aliphatic rings. The predicted octanol–water partition coefficient (Wildman–Crippen LogP) is -2.49. The van der Waals surface area contributed by atoms with E-state index in [2.05, 4.69) is 0 Å². The van der Waals surface area contributed by atoms with E-state index in [4.69, 9.17) is 28.8 Å². The number of hydrogen-bond donors (Lipinski definition) is 8. The van der Waals surface area contributed by atoms with Crippen LogP contribution in [0.1, 0.15) is 25.3 Å². The van der Waals surface area contributed by atoms with Gasteiger partial charge in [-0.15, -0.1) is 0 Å². The van der Waals surface area contributed by atoms with E-state index in [0.29, 0.717) is 0 Å². The van der Waals surface area contributed by atoms with Crippen molar-refractivity contribution in [2.75, 3.05) is 19.8 Å². The Labute approximate surface area is 241 Å². The highest BCUT2D eigenvalue weighted by Crippen LogP contribution is 2.30. The van der Waals surface area contributed by atoms with Gasteiger partial charge in [-0.05, 0) is 12.5 Å². The number of aliphatic carboxylic acids is 1. The van der Waals surface area contributed by atoms with E-state index in [-0.39, 0.29) is 6.61 Å². The molecule has 2 heterocycles. The van der Waals surface area contributed by atoms with Crippen molar-refractivity contribution in [2.45, 2.75) is 86.8 Å². The minimum absolute atomic E-state index is 0.0634. The monoisotopic (exact) mass is 602 g/mol. The fraction of sp³-hybridized carbons (Fsp3) is 0.630. The second kappa shape index (κ2) is 15.3. The van der Waals surface area contributed by atoms with Crippen molar-refractivity contribution in [1.82, 2.24) is 0 Å². The summed E-state index contributed by atoms with van der Waals surface area (Å²) in [6.07, 6.45) is -14.3. The number of carboxylic acid groups (broad SMARTS) is 1. The summed E-state index contributed by atoms with van der Waals surface area (Å²) in [5.41, 5.74) is -1.04. The molecule has 2 fully saturated rings. The molecular formula is C27H38O15. The summed E-state index contributed by atoms with van der Waals surface area (Å²) in [7, 11) is 0. The number of benzene rings is 1. The minimum atomic E-state index is -1.92. The minimum Gasteiger partial charge on any atom is -0.481 e. The summed E-state index contributed by atoms with van der Waals surface area (Å²) >= 11 is 0. The molecule has 15 nitrogen and oxygen atoms in total. The van der Waals surface area contributed by atoms with E-state index in [1.165, 1.54) is 0 Å². The molecule has 0 amide bonds. The Morgan fingerprint density at radius 1 is 0.905 bits per heavy atom. The van der Waals surface area contributed by atoms with Gasteiger partial charge in [-0.25, -0.2) is 0 Å². The Bertz CT molecular complexity index is 1030. The Morgan fingerprint density at radius 2 is 1.55 bits per heavy atom. The van der Waals surface area contributed by atoms with Crippen LogP contribution in [0.2, 0.25) is 0 Å².